The van der Waals surface area contributed by atoms with Gasteiger partial charge in [-0.2, -0.15) is 26.3 Å². The lowest BCUT2D eigenvalue weighted by Crippen LogP contribution is -2.12. The molecular formula is C16H16F6N2. The van der Waals surface area contributed by atoms with Crippen LogP contribution in [0, 0.1) is 0 Å². The van der Waals surface area contributed by atoms with Crippen LogP contribution in [0.3, 0.4) is 0 Å². The summed E-state index contributed by atoms with van der Waals surface area (Å²) in [5, 5.41) is 0. The molecule has 0 saturated carbocycles. The smallest absolute Gasteiger partial charge is 0.399 e. The van der Waals surface area contributed by atoms with E-state index >= 15 is 0 Å². The van der Waals surface area contributed by atoms with Gasteiger partial charge in [0.1, 0.15) is 0 Å². The fourth-order valence-electron chi connectivity index (χ4n) is 2.06. The van der Waals surface area contributed by atoms with E-state index in [-0.39, 0.29) is 11.4 Å². The highest BCUT2D eigenvalue weighted by Gasteiger charge is 2.38. The highest BCUT2D eigenvalue weighted by molar-refractivity contribution is 5.75. The minimum atomic E-state index is -4.84. The minimum absolute atomic E-state index is 0.194. The quantitative estimate of drug-likeness (QED) is 0.521. The molecule has 2 nitrogen and oxygen atoms in total. The predicted octanol–water partition coefficient (Wildman–Crippen LogP) is 5.58. The van der Waals surface area contributed by atoms with E-state index in [0.717, 1.165) is 24.3 Å². The maximum Gasteiger partial charge on any atom is 0.417 e. The Bertz CT molecular complexity index is 643. The molecule has 2 aromatic rings. The van der Waals surface area contributed by atoms with Crippen LogP contribution in [-0.2, 0) is 12.4 Å². The zero-order valence-corrected chi connectivity index (χ0v) is 12.9. The number of benzene rings is 2. The molecule has 0 aliphatic carbocycles. The van der Waals surface area contributed by atoms with Crippen LogP contribution in [0.1, 0.15) is 25.0 Å². The Hall–Kier alpha value is -2.38. The monoisotopic (exact) mass is 350 g/mol. The molecule has 0 aromatic heterocycles. The molecule has 0 saturated heterocycles. The summed E-state index contributed by atoms with van der Waals surface area (Å²) in [6.07, 6.45) is -9.68. The molecular weight excluding hydrogens is 334 g/mol. The van der Waals surface area contributed by atoms with Crippen molar-refractivity contribution in [1.82, 2.24) is 0 Å². The first-order chi connectivity index (χ1) is 11.0. The number of nitrogens with two attached hydrogens (primary N) is 2. The fraction of sp³-hybridized carbons (Fsp3) is 0.250. The van der Waals surface area contributed by atoms with Gasteiger partial charge in [-0.15, -0.1) is 0 Å². The third-order valence-corrected chi connectivity index (χ3v) is 2.99. The topological polar surface area (TPSA) is 52.0 Å². The number of nitrogen functional groups attached to an aromatic ring is 2. The number of halogens is 6. The van der Waals surface area contributed by atoms with Gasteiger partial charge in [0.05, 0.1) is 11.1 Å². The Kier molecular flexibility index (Phi) is 5.75. The van der Waals surface area contributed by atoms with Crippen molar-refractivity contribution in [2.45, 2.75) is 26.2 Å². The summed E-state index contributed by atoms with van der Waals surface area (Å²) in [5.41, 5.74) is 6.55. The molecule has 0 aliphatic heterocycles. The number of rotatable bonds is 1. The van der Waals surface area contributed by atoms with Gasteiger partial charge in [-0.05, 0) is 35.4 Å². The first-order valence-corrected chi connectivity index (χ1v) is 6.94. The van der Waals surface area contributed by atoms with E-state index < -0.39 is 34.6 Å². The van der Waals surface area contributed by atoms with E-state index in [4.69, 9.17) is 11.5 Å². The first kappa shape index (κ1) is 19.7. The molecule has 0 fully saturated rings. The molecule has 0 aliphatic rings. The van der Waals surface area contributed by atoms with Crippen molar-refractivity contribution < 1.29 is 26.3 Å². The largest absolute Gasteiger partial charge is 0.417 e. The summed E-state index contributed by atoms with van der Waals surface area (Å²) in [6.45, 7) is 4.00. The third-order valence-electron chi connectivity index (χ3n) is 2.99. The Morgan fingerprint density at radius 3 is 1.17 bits per heavy atom. The number of anilines is 2. The maximum atomic E-state index is 13.1. The second kappa shape index (κ2) is 7.02. The van der Waals surface area contributed by atoms with Crippen LogP contribution in [0.5, 0.6) is 0 Å². The van der Waals surface area contributed by atoms with E-state index in [2.05, 4.69) is 0 Å². The van der Waals surface area contributed by atoms with E-state index in [0.29, 0.717) is 12.1 Å². The van der Waals surface area contributed by atoms with E-state index in [1.165, 1.54) is 0 Å². The van der Waals surface area contributed by atoms with Crippen LogP contribution in [0.4, 0.5) is 37.7 Å². The highest BCUT2D eigenvalue weighted by Crippen LogP contribution is 2.43. The molecule has 24 heavy (non-hydrogen) atoms. The van der Waals surface area contributed by atoms with Crippen LogP contribution in [-0.4, -0.2) is 0 Å². The average molecular weight is 350 g/mol. The van der Waals surface area contributed by atoms with Crippen molar-refractivity contribution in [3.05, 3.63) is 47.5 Å². The summed E-state index contributed by atoms with van der Waals surface area (Å²) < 4.78 is 78.4. The Balaban J connectivity index is 0.00000139. The molecule has 0 atom stereocenters. The van der Waals surface area contributed by atoms with Crippen LogP contribution in [0.25, 0.3) is 11.1 Å². The van der Waals surface area contributed by atoms with Crippen LogP contribution in [0.15, 0.2) is 36.4 Å². The van der Waals surface area contributed by atoms with E-state index in [9.17, 15) is 26.3 Å². The average Bonchev–Trinajstić information content (AvgIpc) is 2.48. The molecule has 2 rings (SSSR count). The Morgan fingerprint density at radius 1 is 0.625 bits per heavy atom. The molecule has 0 unspecified atom stereocenters. The van der Waals surface area contributed by atoms with Gasteiger partial charge >= 0.3 is 12.4 Å². The molecule has 0 spiro atoms. The predicted molar refractivity (Wildman–Crippen MR) is 82.1 cm³/mol. The lowest BCUT2D eigenvalue weighted by molar-refractivity contribution is -0.139. The van der Waals surface area contributed by atoms with Crippen LogP contribution >= 0.6 is 0 Å². The second-order valence-electron chi connectivity index (χ2n) is 4.61. The van der Waals surface area contributed by atoms with Gasteiger partial charge in [-0.3, -0.25) is 0 Å². The summed E-state index contributed by atoms with van der Waals surface area (Å²) in [4.78, 5) is 0. The normalized spacial score (nSPS) is 11.7. The SMILES string of the molecule is CC.Nc1ccc(-c2ccc(N)cc2C(F)(F)F)c(C(F)(F)F)c1. The lowest BCUT2D eigenvalue weighted by Gasteiger charge is -2.18. The first-order valence-electron chi connectivity index (χ1n) is 6.94. The van der Waals surface area contributed by atoms with E-state index in [1.54, 1.807) is 0 Å². The minimum Gasteiger partial charge on any atom is -0.399 e. The van der Waals surface area contributed by atoms with Crippen molar-refractivity contribution in [2.75, 3.05) is 11.5 Å². The van der Waals surface area contributed by atoms with E-state index in [1.807, 2.05) is 13.8 Å². The third kappa shape index (κ3) is 4.33. The fourth-order valence-corrected chi connectivity index (χ4v) is 2.06. The number of hydrogen-bond acceptors (Lipinski definition) is 2. The van der Waals surface area contributed by atoms with Crippen molar-refractivity contribution in [2.24, 2.45) is 0 Å². The molecule has 8 heteroatoms. The molecule has 0 heterocycles. The highest BCUT2D eigenvalue weighted by atomic mass is 19.4. The van der Waals surface area contributed by atoms with Gasteiger partial charge in [0.15, 0.2) is 0 Å². The van der Waals surface area contributed by atoms with Crippen molar-refractivity contribution >= 4 is 11.4 Å². The van der Waals surface area contributed by atoms with Crippen molar-refractivity contribution in [3.8, 4) is 11.1 Å². The van der Waals surface area contributed by atoms with Crippen molar-refractivity contribution in [3.63, 3.8) is 0 Å². The van der Waals surface area contributed by atoms with Gasteiger partial charge in [-0.25, -0.2) is 0 Å². The molecule has 0 radical (unpaired) electrons. The molecule has 132 valence electrons. The summed E-state index contributed by atoms with van der Waals surface area (Å²) in [7, 11) is 0. The zero-order chi connectivity index (χ0) is 18.7. The molecule has 0 amide bonds. The standard InChI is InChI=1S/C14H10F6N2.C2H6/c15-13(16,17)11-5-7(21)1-3-9(11)10-4-2-8(22)6-12(10)14(18,19)20;1-2/h1-6H,21-22H2;1-2H3. The molecule has 2 aromatic carbocycles. The van der Waals surface area contributed by atoms with Gasteiger partial charge < -0.3 is 11.5 Å². The van der Waals surface area contributed by atoms with Gasteiger partial charge in [0.25, 0.3) is 0 Å². The summed E-state index contributed by atoms with van der Waals surface area (Å²) >= 11 is 0. The molecule has 0 bridgehead atoms. The van der Waals surface area contributed by atoms with Crippen LogP contribution in [0.2, 0.25) is 0 Å². The van der Waals surface area contributed by atoms with Crippen molar-refractivity contribution in [1.29, 1.82) is 0 Å². The maximum absolute atomic E-state index is 13.1. The lowest BCUT2D eigenvalue weighted by atomic mass is 9.94. The number of hydrogen-bond donors (Lipinski definition) is 2. The van der Waals surface area contributed by atoms with Gasteiger partial charge in [0, 0.05) is 11.4 Å². The van der Waals surface area contributed by atoms with Gasteiger partial charge in [0.2, 0.25) is 0 Å². The Morgan fingerprint density at radius 2 is 0.917 bits per heavy atom. The second-order valence-corrected chi connectivity index (χ2v) is 4.61. The summed E-state index contributed by atoms with van der Waals surface area (Å²) in [6, 6.07) is 5.26. The summed E-state index contributed by atoms with van der Waals surface area (Å²) in [5.74, 6) is 0. The molecule has 4 N–H and O–H groups in total. The Labute approximate surface area is 135 Å². The zero-order valence-electron chi connectivity index (χ0n) is 12.9. The number of alkyl halides is 6. The van der Waals surface area contributed by atoms with Crippen LogP contribution < -0.4 is 11.5 Å². The van der Waals surface area contributed by atoms with Gasteiger partial charge in [-0.1, -0.05) is 26.0 Å².